The molecule has 0 unspecified atom stereocenters. The van der Waals surface area contributed by atoms with Crippen molar-refractivity contribution in [3.8, 4) is 5.75 Å². The molecule has 0 radical (unpaired) electrons. The number of hydrogen-bond acceptors (Lipinski definition) is 4. The van der Waals surface area contributed by atoms with Gasteiger partial charge in [0.25, 0.3) is 0 Å². The zero-order chi connectivity index (χ0) is 17.2. The lowest BCUT2D eigenvalue weighted by Crippen LogP contribution is -2.30. The summed E-state index contributed by atoms with van der Waals surface area (Å²) in [6, 6.07) is 17.2. The molecule has 5 heteroatoms. The van der Waals surface area contributed by atoms with E-state index >= 15 is 0 Å². The molecule has 0 fully saturated rings. The summed E-state index contributed by atoms with van der Waals surface area (Å²) in [5, 5.41) is 12.1. The van der Waals surface area contributed by atoms with Gasteiger partial charge in [-0.3, -0.25) is 9.69 Å². The number of rotatable bonds is 9. The Hall–Kier alpha value is -2.37. The van der Waals surface area contributed by atoms with Crippen molar-refractivity contribution in [1.82, 2.24) is 4.90 Å². The molecular weight excluding hydrogens is 304 g/mol. The third kappa shape index (κ3) is 5.68. The van der Waals surface area contributed by atoms with Gasteiger partial charge in [-0.2, -0.15) is 0 Å². The highest BCUT2D eigenvalue weighted by Crippen LogP contribution is 2.19. The van der Waals surface area contributed by atoms with Crippen molar-refractivity contribution in [3.05, 3.63) is 60.2 Å². The molecule has 0 aliphatic rings. The Balaban J connectivity index is 1.90. The van der Waals surface area contributed by atoms with E-state index in [2.05, 4.69) is 5.32 Å². The fourth-order valence-electron chi connectivity index (χ4n) is 2.49. The predicted molar refractivity (Wildman–Crippen MR) is 95.0 cm³/mol. The van der Waals surface area contributed by atoms with Gasteiger partial charge in [0, 0.05) is 37.3 Å². The van der Waals surface area contributed by atoms with Crippen molar-refractivity contribution in [3.63, 3.8) is 0 Å². The number of aliphatic hydroxyl groups is 1. The van der Waals surface area contributed by atoms with E-state index in [9.17, 15) is 9.90 Å². The van der Waals surface area contributed by atoms with E-state index in [-0.39, 0.29) is 12.5 Å². The van der Waals surface area contributed by atoms with Crippen LogP contribution >= 0.6 is 0 Å². The summed E-state index contributed by atoms with van der Waals surface area (Å²) in [6.45, 7) is 1.76. The summed E-state index contributed by atoms with van der Waals surface area (Å²) in [5.41, 5.74) is 1.83. The number of anilines is 1. The van der Waals surface area contributed by atoms with Crippen LogP contribution in [0.15, 0.2) is 54.6 Å². The first-order chi connectivity index (χ1) is 11.7. The summed E-state index contributed by atoms with van der Waals surface area (Å²) in [7, 11) is 1.64. The molecule has 128 valence electrons. The number of ether oxygens (including phenoxy) is 1. The highest BCUT2D eigenvalue weighted by molar-refractivity contribution is 5.90. The van der Waals surface area contributed by atoms with E-state index in [0.29, 0.717) is 26.1 Å². The highest BCUT2D eigenvalue weighted by atomic mass is 16.5. The smallest absolute Gasteiger partial charge is 0.225 e. The van der Waals surface area contributed by atoms with Crippen LogP contribution in [0.3, 0.4) is 0 Å². The number of carbonyl (C=O) groups is 1. The zero-order valence-corrected chi connectivity index (χ0v) is 13.9. The van der Waals surface area contributed by atoms with Gasteiger partial charge in [0.15, 0.2) is 0 Å². The van der Waals surface area contributed by atoms with Gasteiger partial charge in [-0.1, -0.05) is 36.4 Å². The second-order valence-corrected chi connectivity index (χ2v) is 5.48. The van der Waals surface area contributed by atoms with Crippen molar-refractivity contribution in [2.75, 3.05) is 32.1 Å². The molecule has 0 saturated carbocycles. The highest BCUT2D eigenvalue weighted by Gasteiger charge is 2.11. The van der Waals surface area contributed by atoms with Gasteiger partial charge in [0.05, 0.1) is 13.7 Å². The Morgan fingerprint density at radius 2 is 1.79 bits per heavy atom. The minimum absolute atomic E-state index is 0.0378. The molecule has 5 nitrogen and oxygen atoms in total. The molecule has 2 rings (SSSR count). The number of carbonyl (C=O) groups excluding carboxylic acids is 1. The molecule has 24 heavy (non-hydrogen) atoms. The van der Waals surface area contributed by atoms with Gasteiger partial charge < -0.3 is 15.2 Å². The average molecular weight is 328 g/mol. The number of hydrogen-bond donors (Lipinski definition) is 2. The molecule has 1 amide bonds. The molecule has 2 N–H and O–H groups in total. The van der Waals surface area contributed by atoms with Crippen molar-refractivity contribution >= 4 is 11.6 Å². The standard InChI is InChI=1S/C19H24N2O3/c1-24-18-10-6-5-7-16(18)15-21(13-14-22)12-11-19(23)20-17-8-3-2-4-9-17/h2-10,22H,11-15H2,1H3,(H,20,23). The topological polar surface area (TPSA) is 61.8 Å². The molecule has 0 aromatic heterocycles. The van der Waals surface area contributed by atoms with Crippen molar-refractivity contribution in [2.24, 2.45) is 0 Å². The van der Waals surface area contributed by atoms with Crippen LogP contribution in [0.25, 0.3) is 0 Å². The largest absolute Gasteiger partial charge is 0.496 e. The minimum Gasteiger partial charge on any atom is -0.496 e. The number of benzene rings is 2. The van der Waals surface area contributed by atoms with Crippen molar-refractivity contribution in [2.45, 2.75) is 13.0 Å². The SMILES string of the molecule is COc1ccccc1CN(CCO)CCC(=O)Nc1ccccc1. The first-order valence-electron chi connectivity index (χ1n) is 8.03. The average Bonchev–Trinajstić information content (AvgIpc) is 2.61. The van der Waals surface area contributed by atoms with Crippen LogP contribution in [-0.2, 0) is 11.3 Å². The Morgan fingerprint density at radius 1 is 1.08 bits per heavy atom. The Kier molecular flexibility index (Phi) is 7.26. The van der Waals surface area contributed by atoms with Crippen LogP contribution in [0.2, 0.25) is 0 Å². The zero-order valence-electron chi connectivity index (χ0n) is 13.9. The van der Waals surface area contributed by atoms with E-state index in [1.54, 1.807) is 7.11 Å². The Morgan fingerprint density at radius 3 is 2.50 bits per heavy atom. The van der Waals surface area contributed by atoms with Crippen LogP contribution in [0, 0.1) is 0 Å². The summed E-state index contributed by atoms with van der Waals surface area (Å²) < 4.78 is 5.36. The molecule has 2 aromatic carbocycles. The van der Waals surface area contributed by atoms with Gasteiger partial charge in [-0.15, -0.1) is 0 Å². The number of nitrogens with one attached hydrogen (secondary N) is 1. The third-order valence-corrected chi connectivity index (χ3v) is 3.72. The van der Waals surface area contributed by atoms with E-state index in [1.165, 1.54) is 0 Å². The fourth-order valence-corrected chi connectivity index (χ4v) is 2.49. The summed E-state index contributed by atoms with van der Waals surface area (Å²) in [4.78, 5) is 14.1. The van der Waals surface area contributed by atoms with E-state index in [4.69, 9.17) is 4.74 Å². The first kappa shape index (κ1) is 18.0. The van der Waals surface area contributed by atoms with Crippen LogP contribution in [0.5, 0.6) is 5.75 Å². The van der Waals surface area contributed by atoms with Gasteiger partial charge in [0.2, 0.25) is 5.91 Å². The minimum atomic E-state index is -0.0378. The number of methoxy groups -OCH3 is 1. The maximum absolute atomic E-state index is 12.1. The quantitative estimate of drug-likeness (QED) is 0.742. The van der Waals surface area contributed by atoms with Crippen LogP contribution in [0.4, 0.5) is 5.69 Å². The summed E-state index contributed by atoms with van der Waals surface area (Å²) in [5.74, 6) is 0.776. The second kappa shape index (κ2) is 9.70. The number of nitrogens with zero attached hydrogens (tertiary/aromatic N) is 1. The van der Waals surface area contributed by atoms with Crippen LogP contribution < -0.4 is 10.1 Å². The summed E-state index contributed by atoms with van der Waals surface area (Å²) in [6.07, 6.45) is 0.365. The fraction of sp³-hybridized carbons (Fsp3) is 0.316. The van der Waals surface area contributed by atoms with Crippen molar-refractivity contribution < 1.29 is 14.6 Å². The monoisotopic (exact) mass is 328 g/mol. The van der Waals surface area contributed by atoms with Crippen LogP contribution in [0.1, 0.15) is 12.0 Å². The second-order valence-electron chi connectivity index (χ2n) is 5.48. The van der Waals surface area contributed by atoms with Crippen LogP contribution in [-0.4, -0.2) is 42.7 Å². The lowest BCUT2D eigenvalue weighted by Gasteiger charge is -2.22. The normalized spacial score (nSPS) is 10.6. The first-order valence-corrected chi connectivity index (χ1v) is 8.03. The maximum atomic E-state index is 12.1. The molecule has 0 heterocycles. The molecule has 0 saturated heterocycles. The predicted octanol–water partition coefficient (Wildman–Crippen LogP) is 2.52. The molecular formula is C19H24N2O3. The van der Waals surface area contributed by atoms with Gasteiger partial charge in [-0.05, 0) is 18.2 Å². The molecule has 2 aromatic rings. The number of para-hydroxylation sites is 2. The number of amides is 1. The lowest BCUT2D eigenvalue weighted by atomic mass is 10.2. The number of aliphatic hydroxyl groups excluding tert-OH is 1. The van der Waals surface area contributed by atoms with Crippen molar-refractivity contribution in [1.29, 1.82) is 0 Å². The molecule has 0 aliphatic heterocycles. The Labute approximate surface area is 142 Å². The molecule has 0 spiro atoms. The van der Waals surface area contributed by atoms with Gasteiger partial charge in [-0.25, -0.2) is 0 Å². The maximum Gasteiger partial charge on any atom is 0.225 e. The third-order valence-electron chi connectivity index (χ3n) is 3.72. The van der Waals surface area contributed by atoms with E-state index in [1.807, 2.05) is 59.5 Å². The molecule has 0 bridgehead atoms. The molecule has 0 aliphatic carbocycles. The van der Waals surface area contributed by atoms with Gasteiger partial charge in [0.1, 0.15) is 5.75 Å². The van der Waals surface area contributed by atoms with E-state index in [0.717, 1.165) is 17.0 Å². The lowest BCUT2D eigenvalue weighted by molar-refractivity contribution is -0.116. The Bertz CT molecular complexity index is 632. The van der Waals surface area contributed by atoms with E-state index < -0.39 is 0 Å². The van der Waals surface area contributed by atoms with Gasteiger partial charge >= 0.3 is 0 Å². The summed E-state index contributed by atoms with van der Waals surface area (Å²) >= 11 is 0. The molecule has 0 atom stereocenters.